The molecular formula is C20H14Cl2N2O3. The number of carbonyl (C=O) groups excluding carboxylic acids is 2. The zero-order valence-electron chi connectivity index (χ0n) is 14.5. The average Bonchev–Trinajstić information content (AvgIpc) is 3.10. The topological polar surface area (TPSA) is 74.3 Å². The van der Waals surface area contributed by atoms with E-state index in [4.69, 9.17) is 27.6 Å². The van der Waals surface area contributed by atoms with Gasteiger partial charge < -0.3 is 4.42 Å². The number of likely N-dealkylation sites (N-methyl/N-ethyl adjacent to an activating group) is 1. The molecule has 0 unspecified atom stereocenters. The van der Waals surface area contributed by atoms with Gasteiger partial charge in [-0.05, 0) is 55.8 Å². The highest BCUT2D eigenvalue weighted by molar-refractivity contribution is 6.42. The third-order valence-electron chi connectivity index (χ3n) is 4.26. The molecule has 0 atom stereocenters. The lowest BCUT2D eigenvalue weighted by atomic mass is 9.95. The molecule has 0 radical (unpaired) electrons. The number of imide groups is 1. The van der Waals surface area contributed by atoms with E-state index in [0.717, 1.165) is 10.5 Å². The zero-order valence-corrected chi connectivity index (χ0v) is 16.1. The van der Waals surface area contributed by atoms with Crippen LogP contribution in [-0.2, 0) is 9.59 Å². The standard InChI is InChI=1S/C20H14Cl2N2O3/c1-3-24-19(25)14(11(2)15(10-23)20(24)26)9-13-5-7-18(27-13)12-4-6-16(21)17(22)8-12/h4-9H,3H2,1-2H3/b14-9+. The summed E-state index contributed by atoms with van der Waals surface area (Å²) in [7, 11) is 0. The lowest BCUT2D eigenvalue weighted by molar-refractivity contribution is -0.140. The van der Waals surface area contributed by atoms with Gasteiger partial charge in [-0.2, -0.15) is 5.26 Å². The van der Waals surface area contributed by atoms with Crippen molar-refractivity contribution in [2.75, 3.05) is 6.54 Å². The number of rotatable bonds is 3. The first-order chi connectivity index (χ1) is 12.9. The van der Waals surface area contributed by atoms with Crippen LogP contribution in [0.2, 0.25) is 10.0 Å². The van der Waals surface area contributed by atoms with E-state index in [0.29, 0.717) is 27.1 Å². The highest BCUT2D eigenvalue weighted by atomic mass is 35.5. The molecule has 2 aromatic rings. The number of benzene rings is 1. The Morgan fingerprint density at radius 2 is 1.89 bits per heavy atom. The summed E-state index contributed by atoms with van der Waals surface area (Å²) in [6.45, 7) is 3.44. The van der Waals surface area contributed by atoms with Gasteiger partial charge in [-0.3, -0.25) is 14.5 Å². The molecule has 1 aliphatic heterocycles. The Morgan fingerprint density at radius 3 is 2.52 bits per heavy atom. The first-order valence-corrected chi connectivity index (χ1v) is 8.87. The van der Waals surface area contributed by atoms with Gasteiger partial charge in [-0.25, -0.2) is 0 Å². The third kappa shape index (κ3) is 3.42. The first kappa shape index (κ1) is 19.0. The Hall–Kier alpha value is -2.81. The Morgan fingerprint density at radius 1 is 1.15 bits per heavy atom. The van der Waals surface area contributed by atoms with Crippen LogP contribution in [0.5, 0.6) is 0 Å². The monoisotopic (exact) mass is 400 g/mol. The van der Waals surface area contributed by atoms with E-state index in [2.05, 4.69) is 0 Å². The molecule has 1 aromatic heterocycles. The number of carbonyl (C=O) groups is 2. The van der Waals surface area contributed by atoms with E-state index in [9.17, 15) is 14.9 Å². The van der Waals surface area contributed by atoms with Crippen LogP contribution in [0, 0.1) is 11.3 Å². The van der Waals surface area contributed by atoms with Crippen LogP contribution in [0.1, 0.15) is 19.6 Å². The van der Waals surface area contributed by atoms with Gasteiger partial charge in [-0.15, -0.1) is 0 Å². The normalized spacial score (nSPS) is 16.3. The van der Waals surface area contributed by atoms with Gasteiger partial charge in [0.2, 0.25) is 0 Å². The van der Waals surface area contributed by atoms with Crippen molar-refractivity contribution < 1.29 is 14.0 Å². The Bertz CT molecular complexity index is 1060. The van der Waals surface area contributed by atoms with Gasteiger partial charge in [0.05, 0.1) is 10.0 Å². The number of hydrogen-bond donors (Lipinski definition) is 0. The van der Waals surface area contributed by atoms with Crippen molar-refractivity contribution in [1.29, 1.82) is 5.26 Å². The van der Waals surface area contributed by atoms with Crippen molar-refractivity contribution >= 4 is 41.1 Å². The van der Waals surface area contributed by atoms with E-state index in [1.165, 1.54) is 6.08 Å². The van der Waals surface area contributed by atoms with Gasteiger partial charge in [-0.1, -0.05) is 23.2 Å². The fourth-order valence-electron chi connectivity index (χ4n) is 2.79. The maximum absolute atomic E-state index is 12.6. The second kappa shape index (κ2) is 7.43. The van der Waals surface area contributed by atoms with Gasteiger partial charge >= 0.3 is 0 Å². The molecule has 2 heterocycles. The van der Waals surface area contributed by atoms with Crippen molar-refractivity contribution in [2.24, 2.45) is 0 Å². The summed E-state index contributed by atoms with van der Waals surface area (Å²) in [4.78, 5) is 25.9. The summed E-state index contributed by atoms with van der Waals surface area (Å²) in [5.41, 5.74) is 1.28. The predicted octanol–water partition coefficient (Wildman–Crippen LogP) is 4.87. The lowest BCUT2D eigenvalue weighted by Crippen LogP contribution is -2.42. The van der Waals surface area contributed by atoms with Crippen molar-refractivity contribution in [3.8, 4) is 17.4 Å². The highest BCUT2D eigenvalue weighted by Gasteiger charge is 2.34. The van der Waals surface area contributed by atoms with Crippen LogP contribution in [0.4, 0.5) is 0 Å². The van der Waals surface area contributed by atoms with Crippen LogP contribution < -0.4 is 0 Å². The molecule has 2 amide bonds. The summed E-state index contributed by atoms with van der Waals surface area (Å²) in [5, 5.41) is 10.1. The van der Waals surface area contributed by atoms with E-state index >= 15 is 0 Å². The minimum atomic E-state index is -0.574. The van der Waals surface area contributed by atoms with E-state index in [1.54, 1.807) is 44.2 Å². The number of nitrogens with zero attached hydrogens (tertiary/aromatic N) is 2. The van der Waals surface area contributed by atoms with Crippen molar-refractivity contribution in [3.05, 3.63) is 62.9 Å². The quantitative estimate of drug-likeness (QED) is 0.544. The molecular weight excluding hydrogens is 387 g/mol. The lowest BCUT2D eigenvalue weighted by Gasteiger charge is -2.25. The Kier molecular flexibility index (Phi) is 5.22. The van der Waals surface area contributed by atoms with Crippen LogP contribution in [0.3, 0.4) is 0 Å². The Balaban J connectivity index is 2.03. The van der Waals surface area contributed by atoms with E-state index in [-0.39, 0.29) is 17.7 Å². The molecule has 7 heteroatoms. The summed E-state index contributed by atoms with van der Waals surface area (Å²) in [5.74, 6) is -0.0576. The van der Waals surface area contributed by atoms with Gasteiger partial charge in [0.25, 0.3) is 11.8 Å². The molecule has 1 aliphatic rings. The molecule has 136 valence electrons. The molecule has 0 aliphatic carbocycles. The third-order valence-corrected chi connectivity index (χ3v) is 5.00. The highest BCUT2D eigenvalue weighted by Crippen LogP contribution is 2.31. The van der Waals surface area contributed by atoms with E-state index < -0.39 is 11.8 Å². The van der Waals surface area contributed by atoms with Crippen molar-refractivity contribution in [1.82, 2.24) is 4.90 Å². The number of nitriles is 1. The maximum Gasteiger partial charge on any atom is 0.271 e. The number of furan rings is 1. The molecule has 27 heavy (non-hydrogen) atoms. The molecule has 0 bridgehead atoms. The second-order valence-electron chi connectivity index (χ2n) is 5.86. The number of hydrogen-bond acceptors (Lipinski definition) is 4. The Labute approximate surface area is 166 Å². The molecule has 0 spiro atoms. The predicted molar refractivity (Wildman–Crippen MR) is 103 cm³/mol. The van der Waals surface area contributed by atoms with Crippen LogP contribution in [0.15, 0.2) is 51.5 Å². The molecule has 0 N–H and O–H groups in total. The zero-order chi connectivity index (χ0) is 19.7. The van der Waals surface area contributed by atoms with E-state index in [1.807, 2.05) is 6.07 Å². The maximum atomic E-state index is 12.6. The molecule has 3 rings (SSSR count). The molecule has 0 saturated carbocycles. The van der Waals surface area contributed by atoms with Gasteiger partial charge in [0, 0.05) is 17.7 Å². The van der Waals surface area contributed by atoms with Crippen LogP contribution >= 0.6 is 23.2 Å². The summed E-state index contributed by atoms with van der Waals surface area (Å²) >= 11 is 12.0. The van der Waals surface area contributed by atoms with Gasteiger partial charge in [0.1, 0.15) is 23.2 Å². The van der Waals surface area contributed by atoms with Gasteiger partial charge in [0.15, 0.2) is 0 Å². The summed E-state index contributed by atoms with van der Waals surface area (Å²) < 4.78 is 5.79. The molecule has 1 aromatic carbocycles. The summed E-state index contributed by atoms with van der Waals surface area (Å²) in [6.07, 6.45) is 1.53. The number of halogens is 2. The smallest absolute Gasteiger partial charge is 0.271 e. The fourth-order valence-corrected chi connectivity index (χ4v) is 3.09. The minimum absolute atomic E-state index is 0.0426. The second-order valence-corrected chi connectivity index (χ2v) is 6.67. The van der Waals surface area contributed by atoms with Crippen molar-refractivity contribution in [2.45, 2.75) is 13.8 Å². The average molecular weight is 401 g/mol. The SMILES string of the molecule is CCN1C(=O)C(C#N)=C(C)/C(=C\c2ccc(-c3ccc(Cl)c(Cl)c3)o2)C1=O. The molecule has 5 nitrogen and oxygen atoms in total. The largest absolute Gasteiger partial charge is 0.457 e. The fraction of sp³-hybridized carbons (Fsp3) is 0.150. The molecule has 0 fully saturated rings. The van der Waals surface area contributed by atoms with Crippen LogP contribution in [-0.4, -0.2) is 23.3 Å². The minimum Gasteiger partial charge on any atom is -0.457 e. The van der Waals surface area contributed by atoms with Crippen LogP contribution in [0.25, 0.3) is 17.4 Å². The summed E-state index contributed by atoms with van der Waals surface area (Å²) in [6, 6.07) is 10.4. The van der Waals surface area contributed by atoms with Crippen molar-refractivity contribution in [3.63, 3.8) is 0 Å². The first-order valence-electron chi connectivity index (χ1n) is 8.11. The molecule has 0 saturated heterocycles. The number of amides is 2.